The number of carbonyl (C=O) groups is 2. The zero-order valence-corrected chi connectivity index (χ0v) is 14.9. The van der Waals surface area contributed by atoms with Gasteiger partial charge in [-0.05, 0) is 26.0 Å². The van der Waals surface area contributed by atoms with Crippen molar-refractivity contribution in [2.24, 2.45) is 0 Å². The third-order valence-corrected chi connectivity index (χ3v) is 3.84. The monoisotopic (exact) mass is 376 g/mol. The lowest BCUT2D eigenvalue weighted by Gasteiger charge is -2.07. The Morgan fingerprint density at radius 1 is 1.23 bits per heavy atom. The van der Waals surface area contributed by atoms with Crippen LogP contribution in [0.25, 0.3) is 0 Å². The number of rotatable bonds is 7. The van der Waals surface area contributed by atoms with Crippen molar-refractivity contribution in [3.63, 3.8) is 0 Å². The number of carbonyl (C=O) groups excluding carboxylic acids is 2. The molecule has 1 amide bonds. The third kappa shape index (κ3) is 5.81. The number of anilines is 1. The van der Waals surface area contributed by atoms with E-state index in [4.69, 9.17) is 4.74 Å². The quantitative estimate of drug-likeness (QED) is 0.256. The summed E-state index contributed by atoms with van der Waals surface area (Å²) in [5.74, 6) is -1.34. The molecule has 1 aromatic carbocycles. The fourth-order valence-electron chi connectivity index (χ4n) is 1.99. The molecular weight excluding hydrogens is 360 g/mol. The highest BCUT2D eigenvalue weighted by Gasteiger charge is 2.16. The van der Waals surface area contributed by atoms with Crippen LogP contribution in [0, 0.1) is 24.0 Å². The minimum Gasteiger partial charge on any atom is -0.455 e. The first-order valence-electron chi connectivity index (χ1n) is 7.49. The number of esters is 1. The molecule has 9 nitrogen and oxygen atoms in total. The van der Waals surface area contributed by atoms with E-state index in [1.165, 1.54) is 18.2 Å². The Kier molecular flexibility index (Phi) is 6.61. The van der Waals surface area contributed by atoms with Gasteiger partial charge in [-0.15, -0.1) is 0 Å². The van der Waals surface area contributed by atoms with Gasteiger partial charge in [-0.3, -0.25) is 19.7 Å². The molecule has 0 radical (unpaired) electrons. The van der Waals surface area contributed by atoms with Gasteiger partial charge in [0, 0.05) is 17.5 Å². The Morgan fingerprint density at radius 2 is 1.88 bits per heavy atom. The maximum atomic E-state index is 11.8. The van der Waals surface area contributed by atoms with Crippen LogP contribution in [0.3, 0.4) is 0 Å². The summed E-state index contributed by atoms with van der Waals surface area (Å²) in [6.45, 7) is 3.10. The lowest BCUT2D eigenvalue weighted by atomic mass is 10.2. The Balaban J connectivity index is 1.82. The molecule has 0 unspecified atom stereocenters. The van der Waals surface area contributed by atoms with Gasteiger partial charge in [-0.2, -0.15) is 0 Å². The normalized spacial score (nSPS) is 10.2. The second-order valence-electron chi connectivity index (χ2n) is 5.21. The number of amides is 1. The first kappa shape index (κ1) is 19.3. The number of ether oxygens (including phenoxy) is 1. The van der Waals surface area contributed by atoms with Crippen LogP contribution in [0.1, 0.15) is 11.4 Å². The molecule has 0 aliphatic carbocycles. The molecule has 2 rings (SSSR count). The van der Waals surface area contributed by atoms with E-state index < -0.39 is 23.4 Å². The third-order valence-electron chi connectivity index (χ3n) is 3.02. The Morgan fingerprint density at radius 3 is 2.54 bits per heavy atom. The van der Waals surface area contributed by atoms with Crippen LogP contribution in [0.5, 0.6) is 0 Å². The molecule has 0 aliphatic heterocycles. The lowest BCUT2D eigenvalue weighted by Crippen LogP contribution is -2.22. The molecular formula is C16H16N4O5S. The maximum absolute atomic E-state index is 11.8. The van der Waals surface area contributed by atoms with Crippen molar-refractivity contribution in [1.29, 1.82) is 0 Å². The zero-order chi connectivity index (χ0) is 19.1. The molecule has 1 heterocycles. The molecule has 26 heavy (non-hydrogen) atoms. The number of aromatic nitrogens is 2. The highest BCUT2D eigenvalue weighted by atomic mass is 32.2. The van der Waals surface area contributed by atoms with Gasteiger partial charge < -0.3 is 10.1 Å². The van der Waals surface area contributed by atoms with E-state index >= 15 is 0 Å². The summed E-state index contributed by atoms with van der Waals surface area (Å²) in [6, 6.07) is 7.51. The number of nitro groups is 1. The predicted octanol–water partition coefficient (Wildman–Crippen LogP) is 2.28. The van der Waals surface area contributed by atoms with Crippen LogP contribution >= 0.6 is 11.8 Å². The van der Waals surface area contributed by atoms with E-state index in [2.05, 4.69) is 15.3 Å². The van der Waals surface area contributed by atoms with E-state index in [1.54, 1.807) is 6.07 Å². The second kappa shape index (κ2) is 8.90. The van der Waals surface area contributed by atoms with Gasteiger partial charge in [-0.1, -0.05) is 23.9 Å². The van der Waals surface area contributed by atoms with Crippen molar-refractivity contribution in [2.45, 2.75) is 19.0 Å². The molecule has 0 bridgehead atoms. The van der Waals surface area contributed by atoms with Gasteiger partial charge in [0.15, 0.2) is 11.8 Å². The van der Waals surface area contributed by atoms with Gasteiger partial charge >= 0.3 is 5.97 Å². The Bertz CT molecular complexity index is 823. The second-order valence-corrected chi connectivity index (χ2v) is 6.15. The Hall–Kier alpha value is -3.01. The van der Waals surface area contributed by atoms with Crippen molar-refractivity contribution in [2.75, 3.05) is 17.7 Å². The van der Waals surface area contributed by atoms with Gasteiger partial charge in [0.25, 0.3) is 11.6 Å². The van der Waals surface area contributed by atoms with E-state index in [0.29, 0.717) is 5.16 Å². The van der Waals surface area contributed by atoms with Gasteiger partial charge in [0.1, 0.15) is 5.69 Å². The van der Waals surface area contributed by atoms with E-state index in [1.807, 2.05) is 19.9 Å². The highest BCUT2D eigenvalue weighted by molar-refractivity contribution is 7.99. The van der Waals surface area contributed by atoms with Crippen molar-refractivity contribution in [1.82, 2.24) is 9.97 Å². The summed E-state index contributed by atoms with van der Waals surface area (Å²) in [7, 11) is 0. The lowest BCUT2D eigenvalue weighted by molar-refractivity contribution is -0.383. The molecule has 2 aromatic rings. The molecule has 1 N–H and O–H groups in total. The van der Waals surface area contributed by atoms with E-state index in [9.17, 15) is 19.7 Å². The largest absolute Gasteiger partial charge is 0.455 e. The number of hydrogen-bond donors (Lipinski definition) is 1. The van der Waals surface area contributed by atoms with Crippen LogP contribution in [0.15, 0.2) is 35.5 Å². The number of thioether (sulfide) groups is 1. The minimum absolute atomic E-state index is 0.0385. The molecule has 0 saturated heterocycles. The predicted molar refractivity (Wildman–Crippen MR) is 94.9 cm³/mol. The number of nitrogens with zero attached hydrogens (tertiary/aromatic N) is 3. The summed E-state index contributed by atoms with van der Waals surface area (Å²) >= 11 is 1.10. The molecule has 10 heteroatoms. The smallest absolute Gasteiger partial charge is 0.316 e. The fourth-order valence-corrected chi connectivity index (χ4v) is 2.74. The van der Waals surface area contributed by atoms with Gasteiger partial charge in [-0.25, -0.2) is 9.97 Å². The number of nitro benzene ring substituents is 1. The van der Waals surface area contributed by atoms with Crippen molar-refractivity contribution < 1.29 is 19.2 Å². The summed E-state index contributed by atoms with van der Waals surface area (Å²) in [5, 5.41) is 13.7. The molecule has 0 atom stereocenters. The Labute approximate surface area is 153 Å². The van der Waals surface area contributed by atoms with E-state index in [-0.39, 0.29) is 17.1 Å². The molecule has 0 saturated carbocycles. The standard InChI is InChI=1S/C16H16N4O5S/c1-10-7-11(2)18-16(17-10)26-9-15(22)25-8-14(21)19-12-5-3-4-6-13(12)20(23)24/h3-7H,8-9H2,1-2H3,(H,19,21). The summed E-state index contributed by atoms with van der Waals surface area (Å²) in [6.07, 6.45) is 0. The van der Waals surface area contributed by atoms with Crippen molar-refractivity contribution >= 4 is 35.0 Å². The highest BCUT2D eigenvalue weighted by Crippen LogP contribution is 2.23. The summed E-state index contributed by atoms with van der Waals surface area (Å²) in [4.78, 5) is 42.2. The van der Waals surface area contributed by atoms with Crippen LogP contribution < -0.4 is 5.32 Å². The SMILES string of the molecule is Cc1cc(C)nc(SCC(=O)OCC(=O)Nc2ccccc2[N+](=O)[O-])n1. The van der Waals surface area contributed by atoms with E-state index in [0.717, 1.165) is 23.1 Å². The fraction of sp³-hybridized carbons (Fsp3) is 0.250. The first-order chi connectivity index (χ1) is 12.3. The number of para-hydroxylation sites is 2. The average Bonchev–Trinajstić information content (AvgIpc) is 2.57. The zero-order valence-electron chi connectivity index (χ0n) is 14.1. The molecule has 0 aliphatic rings. The van der Waals surface area contributed by atoms with Crippen molar-refractivity contribution in [3.8, 4) is 0 Å². The molecule has 0 fully saturated rings. The number of aryl methyl sites for hydroxylation is 2. The molecule has 1 aromatic heterocycles. The van der Waals surface area contributed by atoms with Crippen LogP contribution in [-0.2, 0) is 14.3 Å². The molecule has 0 spiro atoms. The number of nitrogens with one attached hydrogen (secondary N) is 1. The number of hydrogen-bond acceptors (Lipinski definition) is 8. The number of benzene rings is 1. The summed E-state index contributed by atoms with van der Waals surface area (Å²) < 4.78 is 4.86. The van der Waals surface area contributed by atoms with Crippen LogP contribution in [-0.4, -0.2) is 39.1 Å². The van der Waals surface area contributed by atoms with Crippen LogP contribution in [0.4, 0.5) is 11.4 Å². The molecule has 136 valence electrons. The van der Waals surface area contributed by atoms with Crippen molar-refractivity contribution in [3.05, 3.63) is 51.8 Å². The van der Waals surface area contributed by atoms with Gasteiger partial charge in [0.2, 0.25) is 0 Å². The topological polar surface area (TPSA) is 124 Å². The first-order valence-corrected chi connectivity index (χ1v) is 8.47. The maximum Gasteiger partial charge on any atom is 0.316 e. The van der Waals surface area contributed by atoms with Gasteiger partial charge in [0.05, 0.1) is 10.7 Å². The summed E-state index contributed by atoms with van der Waals surface area (Å²) in [5.41, 5.74) is 1.38. The average molecular weight is 376 g/mol. The van der Waals surface area contributed by atoms with Crippen LogP contribution in [0.2, 0.25) is 0 Å². The minimum atomic E-state index is -0.666.